The molecule has 4 N–H and O–H groups in total. The van der Waals surface area contributed by atoms with Crippen LogP contribution >= 0.6 is 0 Å². The van der Waals surface area contributed by atoms with Gasteiger partial charge in [-0.05, 0) is 36.6 Å². The normalized spacial score (nSPS) is 23.2. The Balaban J connectivity index is 1.24. The number of piperazine rings is 1. The van der Waals surface area contributed by atoms with Crippen LogP contribution in [0.1, 0.15) is 40.4 Å². The number of azo groups is 1. The van der Waals surface area contributed by atoms with Crippen LogP contribution < -0.4 is 21.0 Å². The molecule has 10 nitrogen and oxygen atoms in total. The van der Waals surface area contributed by atoms with E-state index in [1.54, 1.807) is 11.1 Å². The average Bonchev–Trinajstić information content (AvgIpc) is 3.61. The summed E-state index contributed by atoms with van der Waals surface area (Å²) in [5.74, 6) is -0.161. The van der Waals surface area contributed by atoms with Crippen LogP contribution in [0.25, 0.3) is 5.70 Å². The minimum Gasteiger partial charge on any atom is -0.395 e. The van der Waals surface area contributed by atoms with Crippen LogP contribution in [0, 0.1) is 0 Å². The molecule has 3 aliphatic heterocycles. The van der Waals surface area contributed by atoms with Crippen molar-refractivity contribution in [2.24, 2.45) is 10.2 Å². The smallest absolute Gasteiger partial charge is 0.333 e. The van der Waals surface area contributed by atoms with Gasteiger partial charge in [-0.2, -0.15) is 10.2 Å². The first-order valence-electron chi connectivity index (χ1n) is 12.5. The fourth-order valence-electron chi connectivity index (χ4n) is 5.52. The Morgan fingerprint density at radius 1 is 1.11 bits per heavy atom. The predicted molar refractivity (Wildman–Crippen MR) is 136 cm³/mol. The summed E-state index contributed by atoms with van der Waals surface area (Å²) in [7, 11) is 0. The molecule has 2 fully saturated rings. The van der Waals surface area contributed by atoms with Gasteiger partial charge in [0.1, 0.15) is 11.7 Å². The Labute approximate surface area is 209 Å². The molecule has 0 saturated carbocycles. The molecule has 2 aromatic rings. The maximum absolute atomic E-state index is 13.6. The predicted octanol–water partition coefficient (Wildman–Crippen LogP) is 2.70. The van der Waals surface area contributed by atoms with Gasteiger partial charge >= 0.3 is 6.03 Å². The van der Waals surface area contributed by atoms with Crippen molar-refractivity contribution in [3.8, 4) is 0 Å². The first kappa shape index (κ1) is 22.8. The van der Waals surface area contributed by atoms with Crippen LogP contribution in [0.5, 0.6) is 0 Å². The minimum atomic E-state index is -0.461. The van der Waals surface area contributed by atoms with Gasteiger partial charge in [-0.3, -0.25) is 10.2 Å². The number of nitrogens with zero attached hydrogens (tertiary/aromatic N) is 4. The van der Waals surface area contributed by atoms with Gasteiger partial charge in [-0.25, -0.2) is 9.80 Å². The van der Waals surface area contributed by atoms with Crippen molar-refractivity contribution in [3.63, 3.8) is 0 Å². The second-order valence-corrected chi connectivity index (χ2v) is 9.50. The molecule has 2 amide bonds. The monoisotopic (exact) mass is 487 g/mol. The number of aliphatic hydroxyl groups is 1. The number of hydrazine groups is 1. The zero-order chi connectivity index (χ0) is 24.6. The number of benzene rings is 2. The number of aliphatic hydroxyl groups excluding tert-OH is 1. The SMILES string of the molecule is O=C(Nc1cccc2c1C(=O)C1=C(c3ccc(N4CCNCC4)cc3)N=NC12)NN1CCC[C@H]1CO. The first-order valence-corrected chi connectivity index (χ1v) is 12.5. The highest BCUT2D eigenvalue weighted by atomic mass is 16.3. The summed E-state index contributed by atoms with van der Waals surface area (Å²) in [4.78, 5) is 28.7. The van der Waals surface area contributed by atoms with Crippen LogP contribution in [0.4, 0.5) is 16.2 Å². The lowest BCUT2D eigenvalue weighted by Gasteiger charge is -2.29. The van der Waals surface area contributed by atoms with E-state index in [9.17, 15) is 14.7 Å². The molecule has 0 radical (unpaired) electrons. The molecule has 3 heterocycles. The summed E-state index contributed by atoms with van der Waals surface area (Å²) in [5.41, 5.74) is 7.60. The van der Waals surface area contributed by atoms with Crippen LogP contribution in [0.2, 0.25) is 0 Å². The molecular weight excluding hydrogens is 458 g/mol. The highest BCUT2D eigenvalue weighted by molar-refractivity contribution is 6.22. The van der Waals surface area contributed by atoms with Crippen molar-refractivity contribution < 1.29 is 14.7 Å². The van der Waals surface area contributed by atoms with Crippen molar-refractivity contribution >= 4 is 28.9 Å². The maximum Gasteiger partial charge on any atom is 0.333 e. The quantitative estimate of drug-likeness (QED) is 0.515. The molecule has 6 rings (SSSR count). The van der Waals surface area contributed by atoms with E-state index in [1.165, 1.54) is 0 Å². The topological polar surface area (TPSA) is 122 Å². The fourth-order valence-corrected chi connectivity index (χ4v) is 5.52. The lowest BCUT2D eigenvalue weighted by Crippen LogP contribution is -2.48. The summed E-state index contributed by atoms with van der Waals surface area (Å²) < 4.78 is 0. The second kappa shape index (κ2) is 9.45. The third-order valence-corrected chi connectivity index (χ3v) is 7.37. The number of anilines is 2. The molecule has 0 aromatic heterocycles. The Morgan fingerprint density at radius 2 is 1.92 bits per heavy atom. The van der Waals surface area contributed by atoms with E-state index in [-0.39, 0.29) is 18.4 Å². The van der Waals surface area contributed by atoms with Gasteiger partial charge in [0.05, 0.1) is 29.5 Å². The van der Waals surface area contributed by atoms with Crippen molar-refractivity contribution in [1.82, 2.24) is 15.8 Å². The van der Waals surface area contributed by atoms with Crippen LogP contribution in [-0.2, 0) is 0 Å². The number of carbonyl (C=O) groups is 2. The highest BCUT2D eigenvalue weighted by Crippen LogP contribution is 2.49. The van der Waals surface area contributed by atoms with E-state index >= 15 is 0 Å². The number of rotatable bonds is 5. The summed E-state index contributed by atoms with van der Waals surface area (Å²) >= 11 is 0. The molecule has 10 heteroatoms. The van der Waals surface area contributed by atoms with Gasteiger partial charge in [0.15, 0.2) is 5.78 Å². The lowest BCUT2D eigenvalue weighted by atomic mass is 10.0. The number of urea groups is 1. The largest absolute Gasteiger partial charge is 0.395 e. The van der Waals surface area contributed by atoms with E-state index in [2.05, 4.69) is 43.3 Å². The third-order valence-electron chi connectivity index (χ3n) is 7.37. The summed E-state index contributed by atoms with van der Waals surface area (Å²) in [6.07, 6.45) is 1.74. The van der Waals surface area contributed by atoms with Gasteiger partial charge < -0.3 is 20.6 Å². The number of fused-ring (bicyclic) bond motifs is 3. The Hall–Kier alpha value is -3.60. The number of nitrogens with one attached hydrogen (secondary N) is 3. The second-order valence-electron chi connectivity index (χ2n) is 9.50. The molecule has 36 heavy (non-hydrogen) atoms. The van der Waals surface area contributed by atoms with E-state index in [1.807, 2.05) is 24.3 Å². The molecule has 4 aliphatic rings. The number of hydrogen-bond donors (Lipinski definition) is 4. The standard InChI is InChI=1S/C26H29N7O3/c34-15-18-3-2-12-33(18)31-26(36)28-20-5-1-4-19-21(20)25(35)22-23(29-30-24(19)22)16-6-8-17(9-7-16)32-13-10-27-11-14-32/h1,4-9,18,24,27,34H,2-3,10-15H2,(H2,28,31,36)/t18-,24?/m0/s1. The van der Waals surface area contributed by atoms with Gasteiger partial charge in [0.2, 0.25) is 0 Å². The molecule has 2 aromatic carbocycles. The number of Topliss-reactive ketones (excluding diaryl/α,β-unsaturated/α-hetero) is 1. The van der Waals surface area contributed by atoms with Crippen molar-refractivity contribution in [1.29, 1.82) is 0 Å². The Bertz CT molecular complexity index is 1250. The molecular formula is C26H29N7O3. The minimum absolute atomic E-state index is 0.0145. The van der Waals surface area contributed by atoms with E-state index < -0.39 is 12.1 Å². The fraction of sp³-hybridized carbons (Fsp3) is 0.385. The van der Waals surface area contributed by atoms with Crippen LogP contribution in [0.3, 0.4) is 0 Å². The zero-order valence-electron chi connectivity index (χ0n) is 19.9. The number of carbonyl (C=O) groups excluding carboxylic acids is 2. The van der Waals surface area contributed by atoms with E-state index in [0.29, 0.717) is 29.1 Å². The molecule has 2 saturated heterocycles. The van der Waals surface area contributed by atoms with Crippen LogP contribution in [0.15, 0.2) is 58.3 Å². The molecule has 1 unspecified atom stereocenters. The number of hydrogen-bond acceptors (Lipinski definition) is 8. The highest BCUT2D eigenvalue weighted by Gasteiger charge is 2.42. The lowest BCUT2D eigenvalue weighted by molar-refractivity contribution is 0.103. The van der Waals surface area contributed by atoms with Crippen molar-refractivity contribution in [2.45, 2.75) is 24.9 Å². The number of amides is 2. The van der Waals surface area contributed by atoms with Crippen molar-refractivity contribution in [3.05, 3.63) is 64.7 Å². The van der Waals surface area contributed by atoms with Gasteiger partial charge in [0, 0.05) is 44.0 Å². The molecule has 0 bridgehead atoms. The first-order chi connectivity index (χ1) is 17.6. The van der Waals surface area contributed by atoms with E-state index in [0.717, 1.165) is 55.8 Å². The van der Waals surface area contributed by atoms with Gasteiger partial charge in [0.25, 0.3) is 0 Å². The summed E-state index contributed by atoms with van der Waals surface area (Å²) in [5, 5.41) is 26.3. The summed E-state index contributed by atoms with van der Waals surface area (Å²) in [6.45, 7) is 4.52. The molecule has 186 valence electrons. The summed E-state index contributed by atoms with van der Waals surface area (Å²) in [6, 6.07) is 12.5. The third kappa shape index (κ3) is 3.97. The van der Waals surface area contributed by atoms with Gasteiger partial charge in [-0.1, -0.05) is 24.3 Å². The zero-order valence-corrected chi connectivity index (χ0v) is 19.9. The Morgan fingerprint density at radius 3 is 2.69 bits per heavy atom. The molecule has 0 spiro atoms. The molecule has 1 aliphatic carbocycles. The Kier molecular flexibility index (Phi) is 6.00. The molecule has 2 atom stereocenters. The number of ketones is 1. The van der Waals surface area contributed by atoms with E-state index in [4.69, 9.17) is 0 Å². The van der Waals surface area contributed by atoms with Crippen molar-refractivity contribution in [2.75, 3.05) is 49.5 Å². The van der Waals surface area contributed by atoms with Gasteiger partial charge in [-0.15, -0.1) is 0 Å². The maximum atomic E-state index is 13.6. The van der Waals surface area contributed by atoms with Crippen LogP contribution in [-0.4, -0.2) is 67.3 Å². The average molecular weight is 488 g/mol.